The van der Waals surface area contributed by atoms with E-state index in [1.54, 1.807) is 0 Å². The Hall–Kier alpha value is -3.15. The molecule has 2 atom stereocenters. The van der Waals surface area contributed by atoms with Gasteiger partial charge in [-0.3, -0.25) is 0 Å². The van der Waals surface area contributed by atoms with Crippen molar-refractivity contribution in [3.63, 3.8) is 0 Å². The van der Waals surface area contributed by atoms with Gasteiger partial charge in [0.15, 0.2) is 0 Å². The molecule has 0 unspecified atom stereocenters. The maximum atomic E-state index is 13.0. The number of carbonyl (C=O) groups excluding carboxylic acids is 1. The lowest BCUT2D eigenvalue weighted by Crippen LogP contribution is -2.54. The van der Waals surface area contributed by atoms with E-state index in [1.807, 2.05) is 67.6 Å². The summed E-state index contributed by atoms with van der Waals surface area (Å²) in [5.74, 6) is 0.706. The third kappa shape index (κ3) is 6.54. The molecular formula is C34H43N3O2. The fraction of sp³-hybridized carbons (Fsp3) is 0.441. The van der Waals surface area contributed by atoms with E-state index in [2.05, 4.69) is 40.2 Å². The van der Waals surface area contributed by atoms with Crippen LogP contribution in [0.15, 0.2) is 84.9 Å². The zero-order chi connectivity index (χ0) is 27.1. The number of hydrogen-bond acceptors (Lipinski definition) is 3. The molecule has 3 aromatic rings. The molecule has 1 fully saturated rings. The van der Waals surface area contributed by atoms with Gasteiger partial charge in [-0.15, -0.1) is 0 Å². The van der Waals surface area contributed by atoms with Gasteiger partial charge in [-0.1, -0.05) is 84.9 Å². The summed E-state index contributed by atoms with van der Waals surface area (Å²) in [4.78, 5) is 13.0. The second-order valence-electron chi connectivity index (χ2n) is 11.4. The molecule has 0 heterocycles. The Labute approximate surface area is 233 Å². The lowest BCUT2D eigenvalue weighted by Gasteiger charge is -2.36. The Bertz CT molecular complexity index is 1150. The minimum Gasteiger partial charge on any atom is -0.378 e. The zero-order valence-corrected chi connectivity index (χ0v) is 23.1. The van der Waals surface area contributed by atoms with Crippen LogP contribution in [0, 0.1) is 5.92 Å². The van der Waals surface area contributed by atoms with Crippen LogP contribution < -0.4 is 16.0 Å². The molecule has 0 radical (unpaired) electrons. The van der Waals surface area contributed by atoms with Gasteiger partial charge in [0, 0.05) is 12.1 Å². The Morgan fingerprint density at radius 3 is 2.15 bits per heavy atom. The van der Waals surface area contributed by atoms with Gasteiger partial charge >= 0.3 is 6.03 Å². The zero-order valence-electron chi connectivity index (χ0n) is 23.1. The van der Waals surface area contributed by atoms with Crippen LogP contribution in [-0.4, -0.2) is 29.8 Å². The molecule has 2 amide bonds. The summed E-state index contributed by atoms with van der Waals surface area (Å²) in [6.07, 6.45) is 9.17. The summed E-state index contributed by atoms with van der Waals surface area (Å²) < 4.78 is 0. The first-order valence-electron chi connectivity index (χ1n) is 14.8. The molecule has 39 heavy (non-hydrogen) atoms. The number of aryl methyl sites for hydroxylation is 1. The van der Waals surface area contributed by atoms with E-state index in [4.69, 9.17) is 0 Å². The number of nitrogens with one attached hydrogen (secondary N) is 3. The van der Waals surface area contributed by atoms with Gasteiger partial charge in [0.2, 0.25) is 0 Å². The molecule has 2 aliphatic rings. The molecule has 5 nitrogen and oxygen atoms in total. The highest BCUT2D eigenvalue weighted by molar-refractivity contribution is 5.75. The van der Waals surface area contributed by atoms with E-state index in [1.165, 1.54) is 36.8 Å². The Morgan fingerprint density at radius 2 is 1.49 bits per heavy atom. The van der Waals surface area contributed by atoms with E-state index in [9.17, 15) is 9.90 Å². The van der Waals surface area contributed by atoms with Crippen molar-refractivity contribution < 1.29 is 9.90 Å². The van der Waals surface area contributed by atoms with Gasteiger partial charge in [-0.05, 0) is 93.0 Å². The maximum Gasteiger partial charge on any atom is 0.315 e. The molecule has 0 bridgehead atoms. The SMILES string of the molecule is C[C@@H](NC(=O)N[C@H]1CC[C@H](CCN[C@H]2CCCc3ccccc32)CC1)C(O)(c1ccccc1)c1ccccc1. The molecule has 0 saturated heterocycles. The van der Waals surface area contributed by atoms with Gasteiger partial charge < -0.3 is 21.1 Å². The van der Waals surface area contributed by atoms with Gasteiger partial charge in [-0.2, -0.15) is 0 Å². The molecule has 2 aliphatic carbocycles. The van der Waals surface area contributed by atoms with Crippen molar-refractivity contribution in [2.45, 2.75) is 82.0 Å². The summed E-state index contributed by atoms with van der Waals surface area (Å²) >= 11 is 0. The van der Waals surface area contributed by atoms with Gasteiger partial charge in [0.05, 0.1) is 6.04 Å². The first kappa shape index (κ1) is 27.4. The standard InChI is InChI=1S/C34H43N3O2/c1-25(34(39,28-13-4-2-5-14-28)29-15-6-3-7-16-29)36-33(38)37-30-21-19-26(20-22-30)23-24-35-32-18-10-12-27-11-8-9-17-31(27)32/h2-9,11,13-17,25-26,30,32,35,39H,10,12,18-24H2,1H3,(H2,36,37,38)/t25-,26-,30-,32+/m1/s1. The number of aliphatic hydroxyl groups is 1. The molecule has 0 spiro atoms. The fourth-order valence-corrected chi connectivity index (χ4v) is 6.60. The van der Waals surface area contributed by atoms with E-state index >= 15 is 0 Å². The Balaban J connectivity index is 1.09. The smallest absolute Gasteiger partial charge is 0.315 e. The number of amides is 2. The van der Waals surface area contributed by atoms with Gasteiger partial charge in [0.1, 0.15) is 5.60 Å². The van der Waals surface area contributed by atoms with Crippen molar-refractivity contribution in [1.29, 1.82) is 0 Å². The summed E-state index contributed by atoms with van der Waals surface area (Å²) in [6, 6.07) is 28.0. The predicted molar refractivity (Wildman–Crippen MR) is 157 cm³/mol. The topological polar surface area (TPSA) is 73.4 Å². The lowest BCUT2D eigenvalue weighted by atomic mass is 9.81. The maximum absolute atomic E-state index is 13.0. The van der Waals surface area contributed by atoms with E-state index in [0.29, 0.717) is 12.0 Å². The average Bonchev–Trinajstić information content (AvgIpc) is 2.98. The highest BCUT2D eigenvalue weighted by atomic mass is 16.3. The van der Waals surface area contributed by atoms with Crippen molar-refractivity contribution in [3.05, 3.63) is 107 Å². The minimum atomic E-state index is -1.33. The van der Waals surface area contributed by atoms with Crippen LogP contribution >= 0.6 is 0 Å². The molecule has 206 valence electrons. The van der Waals surface area contributed by atoms with Crippen LogP contribution in [0.25, 0.3) is 0 Å². The van der Waals surface area contributed by atoms with E-state index < -0.39 is 11.6 Å². The molecule has 5 heteroatoms. The van der Waals surface area contributed by atoms with Crippen LogP contribution in [0.1, 0.15) is 80.2 Å². The third-order valence-corrected chi connectivity index (χ3v) is 8.90. The van der Waals surface area contributed by atoms with Crippen LogP contribution in [-0.2, 0) is 12.0 Å². The van der Waals surface area contributed by atoms with Crippen molar-refractivity contribution in [3.8, 4) is 0 Å². The lowest BCUT2D eigenvalue weighted by molar-refractivity contribution is 0.0470. The third-order valence-electron chi connectivity index (χ3n) is 8.90. The van der Waals surface area contributed by atoms with Crippen LogP contribution in [0.4, 0.5) is 4.79 Å². The Kier molecular flexibility index (Phi) is 9.00. The molecule has 4 N–H and O–H groups in total. The minimum absolute atomic E-state index is 0.174. The second kappa shape index (κ2) is 12.8. The van der Waals surface area contributed by atoms with Crippen LogP contribution in [0.2, 0.25) is 0 Å². The fourth-order valence-electron chi connectivity index (χ4n) is 6.60. The summed E-state index contributed by atoms with van der Waals surface area (Å²) in [7, 11) is 0. The van der Waals surface area contributed by atoms with Crippen molar-refractivity contribution >= 4 is 6.03 Å². The monoisotopic (exact) mass is 525 g/mol. The number of carbonyl (C=O) groups is 1. The molecule has 3 aromatic carbocycles. The van der Waals surface area contributed by atoms with Crippen molar-refractivity contribution in [1.82, 2.24) is 16.0 Å². The van der Waals surface area contributed by atoms with Gasteiger partial charge in [-0.25, -0.2) is 4.79 Å². The number of hydrogen-bond donors (Lipinski definition) is 4. The van der Waals surface area contributed by atoms with Crippen molar-refractivity contribution in [2.24, 2.45) is 5.92 Å². The largest absolute Gasteiger partial charge is 0.378 e. The molecule has 0 aliphatic heterocycles. The quantitative estimate of drug-likeness (QED) is 0.268. The summed E-state index contributed by atoms with van der Waals surface area (Å²) in [6.45, 7) is 2.92. The number of fused-ring (bicyclic) bond motifs is 1. The molecule has 5 rings (SSSR count). The highest BCUT2D eigenvalue weighted by Crippen LogP contribution is 2.34. The first-order valence-corrected chi connectivity index (χ1v) is 14.8. The Morgan fingerprint density at radius 1 is 0.872 bits per heavy atom. The van der Waals surface area contributed by atoms with Crippen molar-refractivity contribution in [2.75, 3.05) is 6.54 Å². The molecular weight excluding hydrogens is 482 g/mol. The van der Waals surface area contributed by atoms with E-state index in [-0.39, 0.29) is 12.1 Å². The number of rotatable bonds is 9. The number of benzene rings is 3. The average molecular weight is 526 g/mol. The van der Waals surface area contributed by atoms with Crippen LogP contribution in [0.5, 0.6) is 0 Å². The normalized spacial score (nSPS) is 21.9. The van der Waals surface area contributed by atoms with E-state index in [0.717, 1.165) is 43.4 Å². The van der Waals surface area contributed by atoms with Gasteiger partial charge in [0.25, 0.3) is 0 Å². The number of urea groups is 1. The predicted octanol–water partition coefficient (Wildman–Crippen LogP) is 6.23. The second-order valence-corrected chi connectivity index (χ2v) is 11.4. The molecule has 0 aromatic heterocycles. The summed E-state index contributed by atoms with van der Waals surface area (Å²) in [5.41, 5.74) is 3.18. The summed E-state index contributed by atoms with van der Waals surface area (Å²) in [5, 5.41) is 22.0. The van der Waals surface area contributed by atoms with Crippen LogP contribution in [0.3, 0.4) is 0 Å². The first-order chi connectivity index (χ1) is 19.0. The highest BCUT2D eigenvalue weighted by Gasteiger charge is 2.38. The molecule has 1 saturated carbocycles.